The lowest BCUT2D eigenvalue weighted by Gasteiger charge is -2.18. The first-order valence-corrected chi connectivity index (χ1v) is 9.71. The van der Waals surface area contributed by atoms with Gasteiger partial charge in [0, 0.05) is 25.3 Å². The van der Waals surface area contributed by atoms with Crippen LogP contribution < -0.4 is 9.80 Å². The lowest BCUT2D eigenvalue weighted by Crippen LogP contribution is -2.32. The molecule has 1 aliphatic rings. The van der Waals surface area contributed by atoms with Gasteiger partial charge in [-0.05, 0) is 55.0 Å². The first-order valence-electron chi connectivity index (χ1n) is 9.71. The van der Waals surface area contributed by atoms with Crippen molar-refractivity contribution in [1.29, 1.82) is 0 Å². The largest absolute Gasteiger partial charge is 0.508 e. The number of nitrogens with zero attached hydrogens (tertiary/aromatic N) is 3. The number of aromatic hydroxyl groups is 1. The van der Waals surface area contributed by atoms with Gasteiger partial charge in [-0.1, -0.05) is 42.0 Å². The van der Waals surface area contributed by atoms with Crippen LogP contribution in [0.2, 0.25) is 0 Å². The average Bonchev–Trinajstić information content (AvgIpc) is 3.06. The number of phenolic OH excluding ortho intramolecular Hbond substituents is 1. The van der Waals surface area contributed by atoms with E-state index in [9.17, 15) is 9.90 Å². The monoisotopic (exact) mass is 397 g/mol. The molecule has 0 unspecified atom stereocenters. The van der Waals surface area contributed by atoms with Crippen molar-refractivity contribution in [3.8, 4) is 5.75 Å². The summed E-state index contributed by atoms with van der Waals surface area (Å²) in [6.45, 7) is 2.02. The van der Waals surface area contributed by atoms with Crippen molar-refractivity contribution in [3.05, 3.63) is 95.2 Å². The second-order valence-electron chi connectivity index (χ2n) is 7.47. The number of amides is 1. The number of anilines is 2. The topological polar surface area (TPSA) is 56.1 Å². The number of amidine groups is 1. The van der Waals surface area contributed by atoms with Crippen LogP contribution in [0, 0.1) is 6.92 Å². The quantitative estimate of drug-likeness (QED) is 0.655. The summed E-state index contributed by atoms with van der Waals surface area (Å²) in [4.78, 5) is 21.6. The van der Waals surface area contributed by atoms with Crippen LogP contribution in [0.5, 0.6) is 5.75 Å². The number of carbonyl (C=O) groups excluding carboxylic acids is 1. The molecule has 1 amide bonds. The van der Waals surface area contributed by atoms with Crippen molar-refractivity contribution >= 4 is 29.2 Å². The molecule has 0 saturated carbocycles. The minimum Gasteiger partial charge on any atom is -0.508 e. The van der Waals surface area contributed by atoms with E-state index in [1.54, 1.807) is 35.2 Å². The molecule has 5 nitrogen and oxygen atoms in total. The van der Waals surface area contributed by atoms with E-state index in [1.165, 1.54) is 0 Å². The zero-order valence-corrected chi connectivity index (χ0v) is 17.2. The number of aliphatic imine (C=N–C) groups is 1. The van der Waals surface area contributed by atoms with Crippen molar-refractivity contribution in [2.24, 2.45) is 4.99 Å². The lowest BCUT2D eigenvalue weighted by atomic mass is 10.1. The predicted octanol–water partition coefficient (Wildman–Crippen LogP) is 4.60. The highest BCUT2D eigenvalue weighted by Gasteiger charge is 2.32. The van der Waals surface area contributed by atoms with Crippen LogP contribution in [-0.2, 0) is 4.79 Å². The van der Waals surface area contributed by atoms with E-state index in [4.69, 9.17) is 0 Å². The van der Waals surface area contributed by atoms with E-state index in [2.05, 4.69) is 4.99 Å². The molecule has 0 radical (unpaired) electrons. The molecule has 0 aliphatic carbocycles. The minimum absolute atomic E-state index is 0.149. The van der Waals surface area contributed by atoms with Gasteiger partial charge in [0.05, 0.1) is 5.69 Å². The Morgan fingerprint density at radius 3 is 2.13 bits per heavy atom. The van der Waals surface area contributed by atoms with Crippen LogP contribution in [0.3, 0.4) is 0 Å². The molecule has 0 bridgehead atoms. The highest BCUT2D eigenvalue weighted by atomic mass is 16.3. The Balaban J connectivity index is 1.77. The summed E-state index contributed by atoms with van der Waals surface area (Å²) in [5, 5.41) is 9.64. The Morgan fingerprint density at radius 2 is 1.53 bits per heavy atom. The third kappa shape index (κ3) is 3.82. The Kier molecular flexibility index (Phi) is 5.11. The number of aryl methyl sites for hydroxylation is 1. The van der Waals surface area contributed by atoms with Crippen LogP contribution in [0.25, 0.3) is 6.08 Å². The normalized spacial score (nSPS) is 14.9. The average molecular weight is 397 g/mol. The maximum Gasteiger partial charge on any atom is 0.282 e. The van der Waals surface area contributed by atoms with Gasteiger partial charge in [0.15, 0.2) is 0 Å². The standard InChI is InChI=1S/C25H23N3O2/c1-17-4-8-19(9-5-17)24-26-23(16-18-6-10-20(11-7-18)27(2)3)25(30)28(24)21-12-14-22(29)15-13-21/h4-16,29H,1-3H3/b23-16+. The van der Waals surface area contributed by atoms with Gasteiger partial charge in [-0.15, -0.1) is 0 Å². The van der Waals surface area contributed by atoms with Crippen molar-refractivity contribution in [2.45, 2.75) is 6.92 Å². The van der Waals surface area contributed by atoms with E-state index < -0.39 is 0 Å². The zero-order valence-electron chi connectivity index (χ0n) is 17.2. The predicted molar refractivity (Wildman–Crippen MR) is 122 cm³/mol. The maximum absolute atomic E-state index is 13.3. The Morgan fingerprint density at radius 1 is 0.900 bits per heavy atom. The number of phenols is 1. The molecule has 5 heteroatoms. The number of benzene rings is 3. The number of rotatable bonds is 4. The molecular formula is C25H23N3O2. The van der Waals surface area contributed by atoms with E-state index in [0.29, 0.717) is 17.2 Å². The molecule has 0 aromatic heterocycles. The fraction of sp³-hybridized carbons (Fsp3) is 0.120. The summed E-state index contributed by atoms with van der Waals surface area (Å²) in [6, 6.07) is 22.4. The second kappa shape index (κ2) is 7.87. The lowest BCUT2D eigenvalue weighted by molar-refractivity contribution is -0.113. The highest BCUT2D eigenvalue weighted by Crippen LogP contribution is 2.29. The smallest absolute Gasteiger partial charge is 0.282 e. The van der Waals surface area contributed by atoms with Gasteiger partial charge in [0.1, 0.15) is 17.3 Å². The summed E-state index contributed by atoms with van der Waals surface area (Å²) in [6.07, 6.45) is 1.80. The number of carbonyl (C=O) groups is 1. The van der Waals surface area contributed by atoms with Gasteiger partial charge in [-0.3, -0.25) is 9.69 Å². The Bertz CT molecular complexity index is 1130. The Hall–Kier alpha value is -3.86. The van der Waals surface area contributed by atoms with E-state index >= 15 is 0 Å². The second-order valence-corrected chi connectivity index (χ2v) is 7.47. The SMILES string of the molecule is Cc1ccc(C2=N/C(=C/c3ccc(N(C)C)cc3)C(=O)N2c2ccc(O)cc2)cc1. The minimum atomic E-state index is -0.201. The summed E-state index contributed by atoms with van der Waals surface area (Å²) in [7, 11) is 3.98. The molecule has 1 aliphatic heterocycles. The fourth-order valence-electron chi connectivity index (χ4n) is 3.28. The van der Waals surface area contributed by atoms with E-state index in [0.717, 1.165) is 22.4 Å². The van der Waals surface area contributed by atoms with Crippen LogP contribution >= 0.6 is 0 Å². The van der Waals surface area contributed by atoms with Crippen LogP contribution in [0.15, 0.2) is 83.5 Å². The summed E-state index contributed by atoms with van der Waals surface area (Å²) in [5.41, 5.74) is 5.01. The van der Waals surface area contributed by atoms with Crippen molar-refractivity contribution in [1.82, 2.24) is 0 Å². The number of hydrogen-bond acceptors (Lipinski definition) is 4. The van der Waals surface area contributed by atoms with Gasteiger partial charge < -0.3 is 10.0 Å². The third-order valence-electron chi connectivity index (χ3n) is 4.99. The molecule has 30 heavy (non-hydrogen) atoms. The fourth-order valence-corrected chi connectivity index (χ4v) is 3.28. The third-order valence-corrected chi connectivity index (χ3v) is 4.99. The highest BCUT2D eigenvalue weighted by molar-refractivity contribution is 6.33. The number of hydrogen-bond donors (Lipinski definition) is 1. The van der Waals surface area contributed by atoms with Gasteiger partial charge in [-0.25, -0.2) is 4.99 Å². The molecule has 0 spiro atoms. The van der Waals surface area contributed by atoms with Gasteiger partial charge >= 0.3 is 0 Å². The summed E-state index contributed by atoms with van der Waals surface area (Å²) in [5.74, 6) is 0.519. The van der Waals surface area contributed by atoms with E-state index in [-0.39, 0.29) is 11.7 Å². The molecule has 150 valence electrons. The molecule has 3 aromatic rings. The summed E-state index contributed by atoms with van der Waals surface area (Å²) >= 11 is 0. The molecule has 1 heterocycles. The van der Waals surface area contributed by atoms with E-state index in [1.807, 2.05) is 74.4 Å². The molecule has 0 fully saturated rings. The zero-order chi connectivity index (χ0) is 21.3. The first-order chi connectivity index (χ1) is 14.4. The Labute approximate surface area is 176 Å². The molecule has 0 atom stereocenters. The molecule has 3 aromatic carbocycles. The maximum atomic E-state index is 13.3. The first kappa shape index (κ1) is 19.5. The summed E-state index contributed by atoms with van der Waals surface area (Å²) < 4.78 is 0. The van der Waals surface area contributed by atoms with Crippen LogP contribution in [-0.4, -0.2) is 30.9 Å². The van der Waals surface area contributed by atoms with Gasteiger partial charge in [0.2, 0.25) is 0 Å². The van der Waals surface area contributed by atoms with Crippen molar-refractivity contribution in [3.63, 3.8) is 0 Å². The van der Waals surface area contributed by atoms with Gasteiger partial charge in [-0.2, -0.15) is 0 Å². The molecular weight excluding hydrogens is 374 g/mol. The van der Waals surface area contributed by atoms with Crippen molar-refractivity contribution in [2.75, 3.05) is 23.9 Å². The molecule has 4 rings (SSSR count). The van der Waals surface area contributed by atoms with Gasteiger partial charge in [0.25, 0.3) is 5.91 Å². The van der Waals surface area contributed by atoms with Crippen LogP contribution in [0.1, 0.15) is 16.7 Å². The van der Waals surface area contributed by atoms with Crippen LogP contribution in [0.4, 0.5) is 11.4 Å². The molecule has 0 saturated heterocycles. The molecule has 1 N–H and O–H groups in total. The van der Waals surface area contributed by atoms with Crippen molar-refractivity contribution < 1.29 is 9.90 Å².